The summed E-state index contributed by atoms with van der Waals surface area (Å²) in [6.07, 6.45) is 3.30. The maximum atomic E-state index is 12.4. The summed E-state index contributed by atoms with van der Waals surface area (Å²) in [5.74, 6) is 1.20. The number of hydrogen-bond donors (Lipinski definition) is 0. The van der Waals surface area contributed by atoms with Crippen LogP contribution in [-0.4, -0.2) is 45.5 Å². The molecule has 0 saturated carbocycles. The molecule has 0 spiro atoms. The molecule has 0 bridgehead atoms. The molecule has 2 rings (SSSR count). The second-order valence-electron chi connectivity index (χ2n) is 5.27. The third-order valence-corrected chi connectivity index (χ3v) is 9.39. The van der Waals surface area contributed by atoms with Crippen LogP contribution in [0.4, 0.5) is 17.1 Å². The van der Waals surface area contributed by atoms with E-state index in [0.29, 0.717) is 23.6 Å². The summed E-state index contributed by atoms with van der Waals surface area (Å²) in [7, 11) is -6.17. The van der Waals surface area contributed by atoms with E-state index in [0.717, 1.165) is 12.8 Å². The van der Waals surface area contributed by atoms with Gasteiger partial charge in [0.25, 0.3) is 10.6 Å². The average Bonchev–Trinajstić information content (AvgIpc) is 2.52. The van der Waals surface area contributed by atoms with Crippen molar-refractivity contribution in [1.82, 2.24) is 0 Å². The first-order valence-electron chi connectivity index (χ1n) is 6.94. The number of hydrogen-bond acceptors (Lipinski definition) is 10. The van der Waals surface area contributed by atoms with Gasteiger partial charge >= 0.3 is 11.4 Å². The highest BCUT2D eigenvalue weighted by atomic mass is 33.2. The first-order chi connectivity index (χ1) is 11.9. The average molecular weight is 427 g/mol. The van der Waals surface area contributed by atoms with Gasteiger partial charge in [-0.1, -0.05) is 10.8 Å². The van der Waals surface area contributed by atoms with Crippen LogP contribution in [0.15, 0.2) is 17.0 Å². The fraction of sp³-hybridized carbons (Fsp3) is 0.455. The molecule has 1 aliphatic rings. The number of nitrogens with zero attached hydrogens (tertiary/aromatic N) is 3. The predicted octanol–water partition coefficient (Wildman–Crippen LogP) is 2.54. The molecule has 12 nitrogen and oxygen atoms in total. The van der Waals surface area contributed by atoms with Crippen LogP contribution in [0, 0.1) is 25.1 Å². The molecular weight excluding hydrogens is 414 g/mol. The lowest BCUT2D eigenvalue weighted by Gasteiger charge is -2.30. The third kappa shape index (κ3) is 4.40. The van der Waals surface area contributed by atoms with E-state index in [1.54, 1.807) is 6.26 Å². The number of benzene rings is 1. The first-order valence-corrected chi connectivity index (χ1v) is 12.0. The molecule has 26 heavy (non-hydrogen) atoms. The van der Waals surface area contributed by atoms with E-state index in [4.69, 9.17) is 4.28 Å². The highest BCUT2D eigenvalue weighted by molar-refractivity contribution is 8.92. The van der Waals surface area contributed by atoms with E-state index in [1.165, 1.54) is 10.8 Å². The van der Waals surface area contributed by atoms with Crippen LogP contribution in [0.2, 0.25) is 0 Å². The minimum absolute atomic E-state index is 0.312. The van der Waals surface area contributed by atoms with Gasteiger partial charge in [0.2, 0.25) is 4.90 Å². The molecule has 1 aromatic rings. The zero-order chi connectivity index (χ0) is 19.7. The fourth-order valence-corrected chi connectivity index (χ4v) is 7.42. The van der Waals surface area contributed by atoms with Gasteiger partial charge in [-0.05, 0) is 12.8 Å². The predicted molar refractivity (Wildman–Crippen MR) is 92.2 cm³/mol. The second kappa shape index (κ2) is 7.34. The maximum Gasteiger partial charge on any atom is 0.349 e. The number of non-ortho nitro benzene ring substituents is 1. The van der Waals surface area contributed by atoms with Crippen LogP contribution in [0.3, 0.4) is 0 Å². The molecule has 0 aromatic heterocycles. The Morgan fingerprint density at radius 1 is 1.12 bits per heavy atom. The Morgan fingerprint density at radius 2 is 1.73 bits per heavy atom. The molecule has 0 aliphatic carbocycles. The van der Waals surface area contributed by atoms with Crippen LogP contribution in [0.5, 0.6) is 0 Å². The topological polar surface area (TPSA) is 173 Å². The highest BCUT2D eigenvalue weighted by Gasteiger charge is 2.41. The summed E-state index contributed by atoms with van der Waals surface area (Å²) in [5, 5.41) is 22.1. The molecule has 1 saturated heterocycles. The summed E-state index contributed by atoms with van der Waals surface area (Å²) in [5.41, 5.74) is -3.36. The molecule has 1 atom stereocenters. The number of rotatable bonds is 6. The second-order valence-corrected chi connectivity index (χ2v) is 12.5. The van der Waals surface area contributed by atoms with Crippen molar-refractivity contribution >= 4 is 47.3 Å². The lowest BCUT2D eigenvalue weighted by Crippen LogP contribution is -2.16. The molecule has 0 amide bonds. The van der Waals surface area contributed by atoms with Crippen molar-refractivity contribution in [3.63, 3.8) is 0 Å². The van der Waals surface area contributed by atoms with E-state index in [1.807, 2.05) is 0 Å². The van der Waals surface area contributed by atoms with Gasteiger partial charge in [0, 0.05) is 27.1 Å². The van der Waals surface area contributed by atoms with Gasteiger partial charge in [-0.3, -0.25) is 20.2 Å². The molecule has 1 aliphatic heterocycles. The van der Waals surface area contributed by atoms with Crippen molar-refractivity contribution in [3.05, 3.63) is 37.3 Å². The molecule has 0 N–H and O–H groups in total. The molecular formula is C11H13N3O9S3. The van der Waals surface area contributed by atoms with Crippen LogP contribution in [0.1, 0.15) is 12.8 Å². The molecule has 15 heteroatoms. The summed E-state index contributed by atoms with van der Waals surface area (Å²) >= 11 is 0. The quantitative estimate of drug-likeness (QED) is 0.284. The Balaban J connectivity index is 2.62. The summed E-state index contributed by atoms with van der Waals surface area (Å²) < 4.78 is 39.7. The van der Waals surface area contributed by atoms with Crippen LogP contribution >= 0.6 is 20.1 Å². The van der Waals surface area contributed by atoms with Crippen molar-refractivity contribution in [1.29, 1.82) is 0 Å². The Morgan fingerprint density at radius 3 is 2.19 bits per heavy atom. The summed E-state index contributed by atoms with van der Waals surface area (Å²) in [4.78, 5) is 30.3. The first kappa shape index (κ1) is 20.3. The molecule has 1 fully saturated rings. The summed E-state index contributed by atoms with van der Waals surface area (Å²) in [6.45, 7) is 0. The van der Waals surface area contributed by atoms with Crippen molar-refractivity contribution < 1.29 is 32.0 Å². The van der Waals surface area contributed by atoms with Crippen LogP contribution in [-0.2, 0) is 14.4 Å². The fourth-order valence-electron chi connectivity index (χ4n) is 2.22. The van der Waals surface area contributed by atoms with Crippen LogP contribution < -0.4 is 0 Å². The van der Waals surface area contributed by atoms with Gasteiger partial charge in [-0.25, -0.2) is 8.42 Å². The number of nitro groups is 2. The van der Waals surface area contributed by atoms with Gasteiger partial charge in [0.1, 0.15) is 16.2 Å². The van der Waals surface area contributed by atoms with Crippen molar-refractivity contribution in [2.45, 2.75) is 17.7 Å². The monoisotopic (exact) mass is 427 g/mol. The van der Waals surface area contributed by atoms with E-state index < -0.39 is 51.3 Å². The van der Waals surface area contributed by atoms with Crippen molar-refractivity contribution in [2.75, 3.05) is 17.8 Å². The minimum atomic E-state index is -5.49. The van der Waals surface area contributed by atoms with E-state index >= 15 is 0 Å². The molecule has 1 unspecified atom stereocenters. The SMILES string of the molecule is CS1(O[N+](=O)c2cc([N+](=O)[O-])cc([N+](=O)[O-])c2S(=O)(=O)[O-])CCCCS1. The normalized spacial score (nSPS) is 22.8. The van der Waals surface area contributed by atoms with E-state index in [-0.39, 0.29) is 4.92 Å². The van der Waals surface area contributed by atoms with Gasteiger partial charge in [-0.15, -0.1) is 0 Å². The van der Waals surface area contributed by atoms with Gasteiger partial charge in [0.15, 0.2) is 0 Å². The largest absolute Gasteiger partial charge is 0.744 e. The Labute approximate surface area is 152 Å². The standard InChI is InChI=1S/C11H13N3O9S3/c1-25(5-3-2-4-24-25)23-14(19)10-7-8(12(15)16)6-9(13(17)18)11(10)26(20,21)22/h6-7H,2-5H2,1H3. The molecule has 1 aromatic carbocycles. The van der Waals surface area contributed by atoms with Gasteiger partial charge in [0.05, 0.1) is 20.8 Å². The lowest BCUT2D eigenvalue weighted by molar-refractivity contribution is -0.697. The van der Waals surface area contributed by atoms with Gasteiger partial charge < -0.3 is 4.55 Å². The van der Waals surface area contributed by atoms with E-state index in [9.17, 15) is 38.1 Å². The highest BCUT2D eigenvalue weighted by Crippen LogP contribution is 2.61. The Kier molecular flexibility index (Phi) is 5.74. The Bertz CT molecular complexity index is 880. The summed E-state index contributed by atoms with van der Waals surface area (Å²) in [6, 6.07) is 0.785. The minimum Gasteiger partial charge on any atom is -0.744 e. The third-order valence-electron chi connectivity index (χ3n) is 3.36. The van der Waals surface area contributed by atoms with Gasteiger partial charge in [-0.2, -0.15) is 4.28 Å². The molecule has 144 valence electrons. The molecule has 0 radical (unpaired) electrons. The van der Waals surface area contributed by atoms with E-state index in [2.05, 4.69) is 0 Å². The maximum absolute atomic E-state index is 12.4. The molecule has 1 heterocycles. The zero-order valence-electron chi connectivity index (χ0n) is 13.2. The smallest absolute Gasteiger partial charge is 0.349 e. The van der Waals surface area contributed by atoms with Crippen molar-refractivity contribution in [2.24, 2.45) is 0 Å². The number of nitro benzene ring substituents is 2. The zero-order valence-corrected chi connectivity index (χ0v) is 15.7. The van der Waals surface area contributed by atoms with Crippen LogP contribution in [0.25, 0.3) is 0 Å². The van der Waals surface area contributed by atoms with Crippen molar-refractivity contribution in [3.8, 4) is 0 Å². The Hall–Kier alpha value is -1.97. The lowest BCUT2D eigenvalue weighted by atomic mass is 10.2.